The van der Waals surface area contributed by atoms with Crippen LogP contribution < -0.4 is 14.8 Å². The van der Waals surface area contributed by atoms with Gasteiger partial charge in [0.15, 0.2) is 11.5 Å². The number of nitrogens with zero attached hydrogens (tertiary/aromatic N) is 1. The third kappa shape index (κ3) is 2.56. The van der Waals surface area contributed by atoms with Crippen molar-refractivity contribution >= 4 is 11.9 Å². The minimum absolute atomic E-state index is 0.127. The van der Waals surface area contributed by atoms with Crippen molar-refractivity contribution in [2.75, 3.05) is 13.2 Å². The molecule has 0 spiro atoms. The number of fused-ring (bicyclic) bond motifs is 1. The van der Waals surface area contributed by atoms with E-state index in [1.165, 1.54) is 6.07 Å². The van der Waals surface area contributed by atoms with Crippen molar-refractivity contribution in [1.29, 1.82) is 0 Å². The zero-order chi connectivity index (χ0) is 18.3. The Balaban J connectivity index is 1.64. The summed E-state index contributed by atoms with van der Waals surface area (Å²) in [7, 11) is 0. The Hall–Kier alpha value is -3.09. The maximum absolute atomic E-state index is 13.9. The van der Waals surface area contributed by atoms with E-state index in [9.17, 15) is 14.0 Å². The van der Waals surface area contributed by atoms with Crippen molar-refractivity contribution < 1.29 is 23.5 Å². The number of nitrogens with one attached hydrogen (secondary N) is 1. The van der Waals surface area contributed by atoms with E-state index in [2.05, 4.69) is 5.32 Å². The standard InChI is InChI=1S/C19H17FN2O4/c1-19(13-6-7-15-16(10-13)26-9-8-25-15)17(23)22(18(24)21-19)11-12-4-2-3-5-14(12)20/h2-7,10H,8-9,11H2,1H3,(H,21,24). The molecule has 1 unspecified atom stereocenters. The van der Waals surface area contributed by atoms with Crippen LogP contribution in [0.15, 0.2) is 42.5 Å². The molecule has 0 bridgehead atoms. The number of urea groups is 1. The summed E-state index contributed by atoms with van der Waals surface area (Å²) < 4.78 is 24.9. The highest BCUT2D eigenvalue weighted by molar-refractivity contribution is 6.07. The molecule has 0 aliphatic carbocycles. The van der Waals surface area contributed by atoms with Gasteiger partial charge in [-0.1, -0.05) is 24.3 Å². The first-order valence-corrected chi connectivity index (χ1v) is 8.27. The number of benzene rings is 2. The molecular weight excluding hydrogens is 339 g/mol. The summed E-state index contributed by atoms with van der Waals surface area (Å²) >= 11 is 0. The number of ether oxygens (including phenoxy) is 2. The van der Waals surface area contributed by atoms with Gasteiger partial charge in [-0.25, -0.2) is 9.18 Å². The molecule has 134 valence electrons. The monoisotopic (exact) mass is 356 g/mol. The summed E-state index contributed by atoms with van der Waals surface area (Å²) in [6, 6.07) is 10.6. The highest BCUT2D eigenvalue weighted by Gasteiger charge is 2.49. The van der Waals surface area contributed by atoms with E-state index in [-0.39, 0.29) is 12.1 Å². The van der Waals surface area contributed by atoms with Crippen molar-refractivity contribution in [2.45, 2.75) is 19.0 Å². The van der Waals surface area contributed by atoms with Crippen LogP contribution in [0.3, 0.4) is 0 Å². The Morgan fingerprint density at radius 1 is 1.12 bits per heavy atom. The van der Waals surface area contributed by atoms with Gasteiger partial charge in [0.1, 0.15) is 24.6 Å². The third-order valence-electron chi connectivity index (χ3n) is 4.68. The van der Waals surface area contributed by atoms with E-state index in [1.807, 2.05) is 0 Å². The Labute approximate surface area is 149 Å². The second-order valence-electron chi connectivity index (χ2n) is 6.40. The number of rotatable bonds is 3. The first-order chi connectivity index (χ1) is 12.5. The van der Waals surface area contributed by atoms with E-state index < -0.39 is 23.3 Å². The zero-order valence-corrected chi connectivity index (χ0v) is 14.1. The molecule has 3 amide bonds. The second-order valence-corrected chi connectivity index (χ2v) is 6.40. The average molecular weight is 356 g/mol. The predicted molar refractivity (Wildman–Crippen MR) is 90.3 cm³/mol. The Morgan fingerprint density at radius 3 is 2.62 bits per heavy atom. The number of carbonyl (C=O) groups excluding carboxylic acids is 2. The number of imide groups is 1. The Kier molecular flexibility index (Phi) is 3.79. The molecule has 4 rings (SSSR count). The summed E-state index contributed by atoms with van der Waals surface area (Å²) in [6.07, 6.45) is 0. The molecule has 1 saturated heterocycles. The van der Waals surface area contributed by atoms with E-state index >= 15 is 0 Å². The highest BCUT2D eigenvalue weighted by atomic mass is 19.1. The largest absolute Gasteiger partial charge is 0.486 e. The fourth-order valence-electron chi connectivity index (χ4n) is 3.19. The van der Waals surface area contributed by atoms with Crippen LogP contribution in [0.25, 0.3) is 0 Å². The van der Waals surface area contributed by atoms with Gasteiger partial charge in [0.25, 0.3) is 5.91 Å². The van der Waals surface area contributed by atoms with E-state index in [1.54, 1.807) is 43.3 Å². The van der Waals surface area contributed by atoms with Gasteiger partial charge in [0.05, 0.1) is 6.54 Å². The molecule has 0 saturated carbocycles. The molecule has 2 aliphatic rings. The van der Waals surface area contributed by atoms with E-state index in [4.69, 9.17) is 9.47 Å². The number of halogens is 1. The fourth-order valence-corrected chi connectivity index (χ4v) is 3.19. The van der Waals surface area contributed by atoms with Crippen LogP contribution in [-0.2, 0) is 16.9 Å². The normalized spacial score (nSPS) is 21.7. The molecule has 0 aromatic heterocycles. The molecule has 1 N–H and O–H groups in total. The van der Waals surface area contributed by atoms with Crippen molar-refractivity contribution in [2.24, 2.45) is 0 Å². The van der Waals surface area contributed by atoms with Crippen molar-refractivity contribution in [3.63, 3.8) is 0 Å². The third-order valence-corrected chi connectivity index (χ3v) is 4.68. The second kappa shape index (κ2) is 6.01. The predicted octanol–water partition coefficient (Wildman–Crippen LogP) is 2.56. The van der Waals surface area contributed by atoms with Gasteiger partial charge in [-0.3, -0.25) is 9.69 Å². The molecule has 1 atom stereocenters. The lowest BCUT2D eigenvalue weighted by atomic mass is 9.91. The van der Waals surface area contributed by atoms with Crippen LogP contribution >= 0.6 is 0 Å². The average Bonchev–Trinajstić information content (AvgIpc) is 2.87. The Morgan fingerprint density at radius 2 is 1.85 bits per heavy atom. The molecule has 1 fully saturated rings. The molecule has 2 aromatic rings. The molecule has 7 heteroatoms. The summed E-state index contributed by atoms with van der Waals surface area (Å²) in [5, 5.41) is 2.71. The van der Waals surface area contributed by atoms with Gasteiger partial charge in [-0.2, -0.15) is 0 Å². The van der Waals surface area contributed by atoms with Gasteiger partial charge in [-0.05, 0) is 30.7 Å². The minimum Gasteiger partial charge on any atom is -0.486 e. The minimum atomic E-state index is -1.25. The first-order valence-electron chi connectivity index (χ1n) is 8.27. The van der Waals surface area contributed by atoms with Crippen LogP contribution in [0.4, 0.5) is 9.18 Å². The van der Waals surface area contributed by atoms with Crippen LogP contribution in [0.5, 0.6) is 11.5 Å². The quantitative estimate of drug-likeness (QED) is 0.859. The topological polar surface area (TPSA) is 67.9 Å². The lowest BCUT2D eigenvalue weighted by molar-refractivity contribution is -0.131. The maximum Gasteiger partial charge on any atom is 0.325 e. The molecule has 6 nitrogen and oxygen atoms in total. The van der Waals surface area contributed by atoms with Crippen molar-refractivity contribution in [3.8, 4) is 11.5 Å². The van der Waals surface area contributed by atoms with Crippen LogP contribution in [0.1, 0.15) is 18.1 Å². The molecule has 0 radical (unpaired) electrons. The Bertz CT molecular complexity index is 901. The van der Waals surface area contributed by atoms with Gasteiger partial charge in [-0.15, -0.1) is 0 Å². The van der Waals surface area contributed by atoms with Crippen molar-refractivity contribution in [3.05, 3.63) is 59.4 Å². The molecule has 2 heterocycles. The lowest BCUT2D eigenvalue weighted by Gasteiger charge is -2.25. The maximum atomic E-state index is 13.9. The van der Waals surface area contributed by atoms with Crippen molar-refractivity contribution in [1.82, 2.24) is 10.2 Å². The number of hydrogen-bond donors (Lipinski definition) is 1. The summed E-state index contributed by atoms with van der Waals surface area (Å²) in [4.78, 5) is 26.4. The lowest BCUT2D eigenvalue weighted by Crippen LogP contribution is -2.41. The van der Waals surface area contributed by atoms with E-state index in [0.717, 1.165) is 4.90 Å². The highest BCUT2D eigenvalue weighted by Crippen LogP contribution is 2.37. The van der Waals surface area contributed by atoms with Gasteiger partial charge >= 0.3 is 6.03 Å². The van der Waals surface area contributed by atoms with Gasteiger partial charge < -0.3 is 14.8 Å². The SMILES string of the molecule is CC1(c2ccc3c(c2)OCCO3)NC(=O)N(Cc2ccccc2F)C1=O. The summed E-state index contributed by atoms with van der Waals surface area (Å²) in [6.45, 7) is 2.39. The number of carbonyl (C=O) groups is 2. The van der Waals surface area contributed by atoms with Crippen LogP contribution in [0, 0.1) is 5.82 Å². The van der Waals surface area contributed by atoms with Crippen LogP contribution in [-0.4, -0.2) is 30.1 Å². The molecule has 26 heavy (non-hydrogen) atoms. The fraction of sp³-hybridized carbons (Fsp3) is 0.263. The van der Waals surface area contributed by atoms with Gasteiger partial charge in [0, 0.05) is 5.56 Å². The molecule has 2 aliphatic heterocycles. The van der Waals surface area contributed by atoms with E-state index in [0.29, 0.717) is 30.3 Å². The van der Waals surface area contributed by atoms with Gasteiger partial charge in [0.2, 0.25) is 0 Å². The van der Waals surface area contributed by atoms with Crippen LogP contribution in [0.2, 0.25) is 0 Å². The smallest absolute Gasteiger partial charge is 0.325 e. The summed E-state index contributed by atoms with van der Waals surface area (Å²) in [5.41, 5.74) is -0.392. The zero-order valence-electron chi connectivity index (χ0n) is 14.1. The number of amides is 3. The molecular formula is C19H17FN2O4. The first kappa shape index (κ1) is 16.4. The molecule has 2 aromatic carbocycles. The number of hydrogen-bond acceptors (Lipinski definition) is 4. The summed E-state index contributed by atoms with van der Waals surface area (Å²) in [5.74, 6) is 0.233.